The Hall–Kier alpha value is -2.69. The van der Waals surface area contributed by atoms with Crippen molar-refractivity contribution in [1.82, 2.24) is 0 Å². The third-order valence-electron chi connectivity index (χ3n) is 3.49. The lowest BCUT2D eigenvalue weighted by atomic mass is 10.2. The highest BCUT2D eigenvalue weighted by Gasteiger charge is 2.05. The van der Waals surface area contributed by atoms with Gasteiger partial charge in [0.2, 0.25) is 0 Å². The molecule has 154 valence electrons. The van der Waals surface area contributed by atoms with Crippen molar-refractivity contribution in [2.45, 2.75) is 58.5 Å². The molecule has 0 amide bonds. The van der Waals surface area contributed by atoms with Crippen LogP contribution in [0.25, 0.3) is 0 Å². The zero-order valence-corrected chi connectivity index (χ0v) is 17.1. The minimum Gasteiger partial charge on any atom is -0.469 e. The molecule has 28 heavy (non-hydrogen) atoms. The highest BCUT2D eigenvalue weighted by molar-refractivity contribution is 5.99. The predicted octanol–water partition coefficient (Wildman–Crippen LogP) is 4.80. The average Bonchev–Trinajstić information content (AvgIpc) is 2.67. The van der Waals surface area contributed by atoms with Gasteiger partial charge < -0.3 is 9.47 Å². The van der Waals surface area contributed by atoms with Crippen LogP contribution in [0.1, 0.15) is 52.4 Å². The summed E-state index contributed by atoms with van der Waals surface area (Å²) in [6, 6.07) is 0. The Balaban J connectivity index is 4.28. The highest BCUT2D eigenvalue weighted by Crippen LogP contribution is 2.05. The summed E-state index contributed by atoms with van der Waals surface area (Å²) in [6.07, 6.45) is 21.7. The summed E-state index contributed by atoms with van der Waals surface area (Å²) in [7, 11) is 1.39. The highest BCUT2D eigenvalue weighted by atomic mass is 16.5. The first-order chi connectivity index (χ1) is 13.5. The first-order valence-corrected chi connectivity index (χ1v) is 9.59. The summed E-state index contributed by atoms with van der Waals surface area (Å²) in [4.78, 5) is 33.7. The van der Waals surface area contributed by atoms with Crippen LogP contribution in [0.15, 0.2) is 60.8 Å². The second kappa shape index (κ2) is 17.7. The number of ether oxygens (including phenoxy) is 2. The number of rotatable bonds is 14. The molecule has 1 unspecified atom stereocenters. The van der Waals surface area contributed by atoms with E-state index in [0.29, 0.717) is 12.8 Å². The van der Waals surface area contributed by atoms with Gasteiger partial charge in [0.25, 0.3) is 0 Å². The van der Waals surface area contributed by atoms with Crippen molar-refractivity contribution in [3.05, 3.63) is 60.8 Å². The molecule has 0 aromatic heterocycles. The van der Waals surface area contributed by atoms with Gasteiger partial charge in [-0.05, 0) is 43.9 Å². The Morgan fingerprint density at radius 2 is 1.71 bits per heavy atom. The van der Waals surface area contributed by atoms with Gasteiger partial charge in [-0.15, -0.1) is 0 Å². The van der Waals surface area contributed by atoms with Crippen molar-refractivity contribution in [2.24, 2.45) is 0 Å². The molecule has 0 aromatic rings. The molecule has 0 aliphatic heterocycles. The second-order valence-electron chi connectivity index (χ2n) is 5.99. The second-order valence-corrected chi connectivity index (χ2v) is 5.99. The molecule has 1 atom stereocenters. The molecule has 0 fully saturated rings. The normalized spacial score (nSPS) is 13.2. The predicted molar refractivity (Wildman–Crippen MR) is 112 cm³/mol. The standard InChI is InChI=1S/C23H32O5/c1-4-5-15-21(25)16-13-14-18-22(28-20(2)24)17-11-9-7-6-8-10-12-19-23(26)27-3/h5-6,8-9,11,13-16,18,22H,4,7,10,12,17,19H2,1-3H3. The molecule has 0 radical (unpaired) electrons. The number of ketones is 1. The van der Waals surface area contributed by atoms with Crippen LogP contribution in [0.3, 0.4) is 0 Å². The van der Waals surface area contributed by atoms with Crippen molar-refractivity contribution in [3.63, 3.8) is 0 Å². The van der Waals surface area contributed by atoms with E-state index in [4.69, 9.17) is 4.74 Å². The molecule has 0 aliphatic rings. The summed E-state index contributed by atoms with van der Waals surface area (Å²) < 4.78 is 9.83. The number of unbranched alkanes of at least 4 members (excludes halogenated alkanes) is 1. The summed E-state index contributed by atoms with van der Waals surface area (Å²) in [5.41, 5.74) is 0. The molecule has 0 aliphatic carbocycles. The van der Waals surface area contributed by atoms with Gasteiger partial charge in [-0.2, -0.15) is 0 Å². The zero-order valence-electron chi connectivity index (χ0n) is 17.1. The number of hydrogen-bond donors (Lipinski definition) is 0. The number of hydrogen-bond acceptors (Lipinski definition) is 5. The van der Waals surface area contributed by atoms with Gasteiger partial charge in [-0.3, -0.25) is 14.4 Å². The van der Waals surface area contributed by atoms with Gasteiger partial charge in [-0.25, -0.2) is 0 Å². The van der Waals surface area contributed by atoms with Crippen molar-refractivity contribution < 1.29 is 23.9 Å². The SMILES string of the molecule is CCC=CC(=O)C=CC=CC(CC=CCC=CCCCC(=O)OC)OC(C)=O. The first kappa shape index (κ1) is 25.3. The van der Waals surface area contributed by atoms with Gasteiger partial charge in [0, 0.05) is 19.8 Å². The molecule has 0 saturated heterocycles. The molecule has 0 N–H and O–H groups in total. The summed E-state index contributed by atoms with van der Waals surface area (Å²) in [5.74, 6) is -0.609. The minimum absolute atomic E-state index is 0.0752. The van der Waals surface area contributed by atoms with Crippen LogP contribution in [0.4, 0.5) is 0 Å². The van der Waals surface area contributed by atoms with Crippen LogP contribution in [0.5, 0.6) is 0 Å². The van der Waals surface area contributed by atoms with Crippen molar-refractivity contribution >= 4 is 17.7 Å². The first-order valence-electron chi connectivity index (χ1n) is 9.59. The zero-order chi connectivity index (χ0) is 21.0. The van der Waals surface area contributed by atoms with E-state index in [1.54, 1.807) is 24.3 Å². The smallest absolute Gasteiger partial charge is 0.305 e. The molecule has 0 heterocycles. The Morgan fingerprint density at radius 1 is 0.964 bits per heavy atom. The summed E-state index contributed by atoms with van der Waals surface area (Å²) >= 11 is 0. The number of methoxy groups -OCH3 is 1. The van der Waals surface area contributed by atoms with E-state index in [-0.39, 0.29) is 23.8 Å². The molecular formula is C23H32O5. The van der Waals surface area contributed by atoms with Crippen LogP contribution >= 0.6 is 0 Å². The maximum Gasteiger partial charge on any atom is 0.305 e. The van der Waals surface area contributed by atoms with E-state index in [1.807, 2.05) is 31.2 Å². The summed E-state index contributed by atoms with van der Waals surface area (Å²) in [6.45, 7) is 3.34. The molecular weight excluding hydrogens is 356 g/mol. The molecule has 5 heteroatoms. The average molecular weight is 389 g/mol. The quantitative estimate of drug-likeness (QED) is 0.140. The van der Waals surface area contributed by atoms with Crippen LogP contribution in [-0.4, -0.2) is 30.9 Å². The van der Waals surface area contributed by atoms with Crippen molar-refractivity contribution in [2.75, 3.05) is 7.11 Å². The monoisotopic (exact) mass is 388 g/mol. The van der Waals surface area contributed by atoms with Crippen molar-refractivity contribution in [1.29, 1.82) is 0 Å². The largest absolute Gasteiger partial charge is 0.469 e. The van der Waals surface area contributed by atoms with E-state index in [9.17, 15) is 14.4 Å². The number of carbonyl (C=O) groups is 3. The fourth-order valence-corrected chi connectivity index (χ4v) is 2.09. The van der Waals surface area contributed by atoms with E-state index >= 15 is 0 Å². The maximum absolute atomic E-state index is 11.5. The topological polar surface area (TPSA) is 69.7 Å². The molecule has 5 nitrogen and oxygen atoms in total. The molecule has 0 rings (SSSR count). The lowest BCUT2D eigenvalue weighted by molar-refractivity contribution is -0.144. The van der Waals surface area contributed by atoms with Crippen LogP contribution < -0.4 is 0 Å². The van der Waals surface area contributed by atoms with Gasteiger partial charge in [-0.1, -0.05) is 49.5 Å². The lowest BCUT2D eigenvalue weighted by Gasteiger charge is -2.10. The Bertz CT molecular complexity index is 608. The number of esters is 2. The molecule has 0 spiro atoms. The van der Waals surface area contributed by atoms with Gasteiger partial charge in [0.05, 0.1) is 7.11 Å². The Labute approximate surface area is 168 Å². The van der Waals surface area contributed by atoms with E-state index in [2.05, 4.69) is 4.74 Å². The summed E-state index contributed by atoms with van der Waals surface area (Å²) in [5, 5.41) is 0. The molecule has 0 aromatic carbocycles. The Kier molecular flexibility index (Phi) is 16.0. The van der Waals surface area contributed by atoms with Crippen LogP contribution in [0, 0.1) is 0 Å². The van der Waals surface area contributed by atoms with Crippen LogP contribution in [-0.2, 0) is 23.9 Å². The van der Waals surface area contributed by atoms with Gasteiger partial charge in [0.1, 0.15) is 6.10 Å². The lowest BCUT2D eigenvalue weighted by Crippen LogP contribution is -2.12. The fraction of sp³-hybridized carbons (Fsp3) is 0.435. The van der Waals surface area contributed by atoms with Gasteiger partial charge >= 0.3 is 11.9 Å². The van der Waals surface area contributed by atoms with Gasteiger partial charge in [0.15, 0.2) is 5.78 Å². The number of allylic oxidation sites excluding steroid dienone is 8. The Morgan fingerprint density at radius 3 is 2.39 bits per heavy atom. The van der Waals surface area contributed by atoms with Crippen LogP contribution in [0.2, 0.25) is 0 Å². The minimum atomic E-state index is -0.372. The number of carbonyl (C=O) groups excluding carboxylic acids is 3. The van der Waals surface area contributed by atoms with E-state index < -0.39 is 0 Å². The van der Waals surface area contributed by atoms with E-state index in [1.165, 1.54) is 26.2 Å². The third-order valence-corrected chi connectivity index (χ3v) is 3.49. The fourth-order valence-electron chi connectivity index (χ4n) is 2.09. The molecule has 0 saturated carbocycles. The van der Waals surface area contributed by atoms with E-state index in [0.717, 1.165) is 25.7 Å². The molecule has 0 bridgehead atoms. The van der Waals surface area contributed by atoms with Crippen molar-refractivity contribution in [3.8, 4) is 0 Å². The maximum atomic E-state index is 11.5. The third kappa shape index (κ3) is 16.8.